The van der Waals surface area contributed by atoms with Crippen molar-refractivity contribution in [2.45, 2.75) is 222 Å². The van der Waals surface area contributed by atoms with Crippen LogP contribution in [-0.4, -0.2) is 116 Å². The molecule has 0 bridgehead atoms. The fourth-order valence-electron chi connectivity index (χ4n) is 10.2. The van der Waals surface area contributed by atoms with Gasteiger partial charge in [0, 0.05) is 45.0 Å². The average molecular weight is 1270 g/mol. The molecular weight excluding hydrogens is 1150 g/mol. The highest BCUT2D eigenvalue weighted by molar-refractivity contribution is 6.06. The second-order valence-electron chi connectivity index (χ2n) is 25.2. The van der Waals surface area contributed by atoms with Crippen molar-refractivity contribution >= 4 is 47.0 Å². The van der Waals surface area contributed by atoms with Crippen LogP contribution in [0.3, 0.4) is 0 Å². The second kappa shape index (κ2) is 44.9. The summed E-state index contributed by atoms with van der Waals surface area (Å²) in [5.74, 6) is -1.26. The molecule has 508 valence electrons. The van der Waals surface area contributed by atoms with Gasteiger partial charge in [0.25, 0.3) is 5.91 Å². The number of carbonyl (C=O) groups is 6. The van der Waals surface area contributed by atoms with Crippen LogP contribution in [0.25, 0.3) is 22.3 Å². The van der Waals surface area contributed by atoms with Gasteiger partial charge in [-0.1, -0.05) is 219 Å². The molecule has 4 aromatic rings. The number of esters is 1. The number of nitrogens with one attached hydrogen (secondary N) is 1. The lowest BCUT2D eigenvalue weighted by atomic mass is 9.95. The van der Waals surface area contributed by atoms with Crippen molar-refractivity contribution in [2.24, 2.45) is 29.4 Å². The van der Waals surface area contributed by atoms with Crippen LogP contribution in [0.1, 0.15) is 209 Å². The second-order valence-corrected chi connectivity index (χ2v) is 25.2. The van der Waals surface area contributed by atoms with Crippen LogP contribution in [0.4, 0.5) is 11.4 Å². The Kier molecular flexibility index (Phi) is 39.8. The van der Waals surface area contributed by atoms with Crippen LogP contribution in [0.15, 0.2) is 97.1 Å². The van der Waals surface area contributed by atoms with Gasteiger partial charge in [0.1, 0.15) is 18.2 Å². The number of aliphatic carboxylic acids is 2. The number of likely N-dealkylation sites (N-methyl/N-ethyl adjacent to an activating group) is 2. The van der Waals surface area contributed by atoms with E-state index in [1.165, 1.54) is 6.42 Å². The molecule has 2 aliphatic heterocycles. The number of amides is 3. The first-order valence-corrected chi connectivity index (χ1v) is 33.5. The molecule has 17 heteroatoms. The maximum atomic E-state index is 13.4. The molecule has 6 rings (SSSR count). The number of hydrogen-bond donors (Lipinski definition) is 5. The maximum absolute atomic E-state index is 13.4. The average Bonchev–Trinajstić information content (AvgIpc) is 1.69. The summed E-state index contributed by atoms with van der Waals surface area (Å²) in [6.45, 7) is 27.0. The van der Waals surface area contributed by atoms with E-state index in [4.69, 9.17) is 40.0 Å². The molecule has 0 fully saturated rings. The molecule has 3 amide bonds. The number of aliphatic hydroxyl groups excluding tert-OH is 1. The van der Waals surface area contributed by atoms with Gasteiger partial charge in [-0.15, -0.1) is 0 Å². The number of aliphatic hydroxyl groups is 1. The van der Waals surface area contributed by atoms with E-state index in [9.17, 15) is 28.8 Å². The fourth-order valence-corrected chi connectivity index (χ4v) is 10.2. The third kappa shape index (κ3) is 29.3. The summed E-state index contributed by atoms with van der Waals surface area (Å²) < 4.78 is 22.3. The van der Waals surface area contributed by atoms with E-state index in [1.54, 1.807) is 23.9 Å². The Labute approximate surface area is 545 Å². The van der Waals surface area contributed by atoms with Crippen molar-refractivity contribution in [1.82, 2.24) is 5.32 Å². The maximum Gasteiger partial charge on any atom is 0.335 e. The van der Waals surface area contributed by atoms with Crippen LogP contribution >= 0.6 is 0 Å². The summed E-state index contributed by atoms with van der Waals surface area (Å²) in [7, 11) is 3.53. The van der Waals surface area contributed by atoms with E-state index in [1.807, 2.05) is 125 Å². The lowest BCUT2D eigenvalue weighted by molar-refractivity contribution is -0.158. The minimum absolute atomic E-state index is 0.0765. The van der Waals surface area contributed by atoms with Crippen molar-refractivity contribution in [3.8, 4) is 22.3 Å². The molecule has 0 saturated heterocycles. The Hall–Kier alpha value is -6.50. The van der Waals surface area contributed by atoms with E-state index in [2.05, 4.69) is 60.7 Å². The molecule has 3 unspecified atom stereocenters. The van der Waals surface area contributed by atoms with Crippen molar-refractivity contribution in [2.75, 3.05) is 50.3 Å². The van der Waals surface area contributed by atoms with Gasteiger partial charge in [-0.05, 0) is 109 Å². The van der Waals surface area contributed by atoms with Gasteiger partial charge in [-0.3, -0.25) is 14.4 Å². The van der Waals surface area contributed by atoms with Gasteiger partial charge < -0.3 is 55.1 Å². The number of nitrogens with zero attached hydrogens (tertiary/aromatic N) is 2. The zero-order valence-corrected chi connectivity index (χ0v) is 57.5. The van der Waals surface area contributed by atoms with Gasteiger partial charge in [0.15, 0.2) is 18.3 Å². The van der Waals surface area contributed by atoms with Crippen LogP contribution in [0, 0.1) is 23.7 Å². The Morgan fingerprint density at radius 1 is 0.473 bits per heavy atom. The third-order valence-corrected chi connectivity index (χ3v) is 15.2. The zero-order valence-electron chi connectivity index (χ0n) is 57.5. The fraction of sp³-hybridized carbons (Fsp3) is 0.595. The van der Waals surface area contributed by atoms with Gasteiger partial charge >= 0.3 is 17.9 Å². The monoisotopic (exact) mass is 1270 g/mol. The summed E-state index contributed by atoms with van der Waals surface area (Å²) in [4.78, 5) is 74.9. The summed E-state index contributed by atoms with van der Waals surface area (Å²) in [5.41, 5.74) is 13.6. The number of nitrogens with two attached hydrogens (primary N) is 1. The lowest BCUT2D eigenvalue weighted by Gasteiger charge is -2.26. The molecule has 0 saturated carbocycles. The van der Waals surface area contributed by atoms with Crippen molar-refractivity contribution in [3.63, 3.8) is 0 Å². The topological polar surface area (TPSA) is 245 Å². The first-order valence-electron chi connectivity index (χ1n) is 33.5. The number of carboxylic acid groups (broad SMARTS) is 2. The molecule has 0 spiro atoms. The number of unbranched alkanes of at least 4 members (excludes halogenated alkanes) is 8. The summed E-state index contributed by atoms with van der Waals surface area (Å²) in [5, 5.41) is 28.8. The van der Waals surface area contributed by atoms with Crippen molar-refractivity contribution < 1.29 is 63.0 Å². The summed E-state index contributed by atoms with van der Waals surface area (Å²) >= 11 is 0. The smallest absolute Gasteiger partial charge is 0.335 e. The zero-order chi connectivity index (χ0) is 68.0. The molecule has 4 aromatic carbocycles. The number of anilines is 2. The molecule has 17 nitrogen and oxygen atoms in total. The number of hydrogen-bond acceptors (Lipinski definition) is 12. The van der Waals surface area contributed by atoms with Crippen LogP contribution in [0.2, 0.25) is 0 Å². The molecule has 6 N–H and O–H groups in total. The number of rotatable bonds is 32. The molecule has 0 aliphatic carbocycles. The van der Waals surface area contributed by atoms with Crippen LogP contribution in [0.5, 0.6) is 0 Å². The standard InChI is InChI=1S/C26H34N2O3.C16H32O3.C15H14N2O.C11H22O3.C6H12O3/c1-5-6-11-16-31-23(17-18(2)3)25(29)27-24-21-14-8-7-12-19(21)20-13-9-10-15-22(20)28(4)26(24)30;1-5-7-9-11-18-15(13-14(3)4)16(17)19-12-10-8-6-2;1-17-13-9-5-4-7-11(13)10-6-2-3-8-12(10)14(16)15(17)18;1-4-5-6-7-14-10(11(12)13)8-9(2)3;1-4(2)3-5(7)6(8)9/h7-10,12-15,18,23-24H,5-6,11,16-17H2,1-4H3,(H,27,29);14-15H,5-13H2,1-4H3;2-9,14H,16H2,1H3;9-10H,4-8H2,1-3H3,(H,12,13);4-5,7H,3H2,1-2H3,(H,8,9)/t23?,24-;;14-;;5-/m0.0.0/s1. The molecule has 6 atom stereocenters. The summed E-state index contributed by atoms with van der Waals surface area (Å²) in [6.07, 6.45) is 12.4. The van der Waals surface area contributed by atoms with Crippen LogP contribution < -0.4 is 20.9 Å². The predicted octanol–water partition coefficient (Wildman–Crippen LogP) is 15.0. The number of ether oxygens (including phenoxy) is 4. The quantitative estimate of drug-likeness (QED) is 0.0226. The van der Waals surface area contributed by atoms with Crippen molar-refractivity contribution in [3.05, 3.63) is 108 Å². The molecule has 0 aromatic heterocycles. The van der Waals surface area contributed by atoms with Gasteiger partial charge in [-0.2, -0.15) is 0 Å². The molecular formula is C74H114N4O13. The Balaban J connectivity index is 0.000000411. The molecule has 91 heavy (non-hydrogen) atoms. The lowest BCUT2D eigenvalue weighted by Crippen LogP contribution is -2.45. The van der Waals surface area contributed by atoms with E-state index in [-0.39, 0.29) is 35.7 Å². The van der Waals surface area contributed by atoms with Gasteiger partial charge in [-0.25, -0.2) is 14.4 Å². The van der Waals surface area contributed by atoms with Gasteiger partial charge in [0.2, 0.25) is 11.8 Å². The van der Waals surface area contributed by atoms with E-state index in [0.29, 0.717) is 63.4 Å². The first-order chi connectivity index (χ1) is 43.4. The Morgan fingerprint density at radius 3 is 1.26 bits per heavy atom. The normalized spacial score (nSPS) is 15.2. The summed E-state index contributed by atoms with van der Waals surface area (Å²) in [6, 6.07) is 30.0. The minimum atomic E-state index is -1.19. The molecule has 0 radical (unpaired) electrons. The molecule has 2 aliphatic rings. The van der Waals surface area contributed by atoms with Gasteiger partial charge in [0.05, 0.1) is 18.0 Å². The predicted molar refractivity (Wildman–Crippen MR) is 366 cm³/mol. The number of fused-ring (bicyclic) bond motifs is 6. The van der Waals surface area contributed by atoms with E-state index < -0.39 is 42.3 Å². The highest BCUT2D eigenvalue weighted by Gasteiger charge is 2.35. The van der Waals surface area contributed by atoms with Crippen molar-refractivity contribution in [1.29, 1.82) is 0 Å². The Bertz CT molecular complexity index is 2700. The largest absolute Gasteiger partial charge is 0.479 e. The number of benzene rings is 4. The molecule has 2 heterocycles. The number of carboxylic acids is 2. The SMILES string of the molecule is CC(C)C[C@H](O)C(=O)O.CCCCCOC(=O)C(CC(C)C)OCCCCC.CCCCCOC(CC(C)C)C(=O)N[C@@H]1C(=O)N(C)c2ccccc2-c2ccccc21.CCCCCOC(CC(C)C)C(=O)O.CN1C(=O)[C@@H](N)c2ccccc2-c2ccccc21. The van der Waals surface area contributed by atoms with Crippen LogP contribution in [-0.2, 0) is 47.7 Å². The highest BCUT2D eigenvalue weighted by Crippen LogP contribution is 2.40. The first kappa shape index (κ1) is 80.6. The van der Waals surface area contributed by atoms with E-state index in [0.717, 1.165) is 122 Å². The van der Waals surface area contributed by atoms with E-state index >= 15 is 0 Å². The highest BCUT2D eigenvalue weighted by atomic mass is 16.6. The third-order valence-electron chi connectivity index (χ3n) is 15.2. The number of carbonyl (C=O) groups excluding carboxylic acids is 4. The number of para-hydroxylation sites is 2. The minimum Gasteiger partial charge on any atom is -0.479 e. The Morgan fingerprint density at radius 2 is 0.835 bits per heavy atom.